The molecular weight excluding hydrogens is 172 g/mol. The minimum atomic E-state index is 0.784. The third-order valence-corrected chi connectivity index (χ3v) is 3.65. The van der Waals surface area contributed by atoms with Gasteiger partial charge in [0.05, 0.1) is 0 Å². The molecule has 0 saturated heterocycles. The predicted octanol–water partition coefficient (Wildman–Crippen LogP) is 1.96. The molecule has 0 aliphatic heterocycles. The van der Waals surface area contributed by atoms with E-state index in [1.54, 1.807) is 0 Å². The minimum Gasteiger partial charge on any atom is -0.314 e. The van der Waals surface area contributed by atoms with Gasteiger partial charge in [0.1, 0.15) is 0 Å². The van der Waals surface area contributed by atoms with Crippen LogP contribution in [0, 0.1) is 11.8 Å². The van der Waals surface area contributed by atoms with E-state index in [-0.39, 0.29) is 0 Å². The van der Waals surface area contributed by atoms with E-state index in [1.807, 2.05) is 0 Å². The van der Waals surface area contributed by atoms with Crippen molar-refractivity contribution in [2.24, 2.45) is 11.8 Å². The second-order valence-corrected chi connectivity index (χ2v) is 5.13. The summed E-state index contributed by atoms with van der Waals surface area (Å²) in [4.78, 5) is 2.25. The van der Waals surface area contributed by atoms with E-state index >= 15 is 0 Å². The number of nitrogens with zero attached hydrogens (tertiary/aromatic N) is 1. The fourth-order valence-corrected chi connectivity index (χ4v) is 2.34. The van der Waals surface area contributed by atoms with Gasteiger partial charge in [-0.15, -0.1) is 0 Å². The summed E-state index contributed by atoms with van der Waals surface area (Å²) in [6.45, 7) is 7.15. The Labute approximate surface area is 89.1 Å². The summed E-state index contributed by atoms with van der Waals surface area (Å²) in [5.74, 6) is 1.79. The molecule has 0 bridgehead atoms. The molecule has 1 saturated carbocycles. The minimum absolute atomic E-state index is 0.784. The average molecular weight is 198 g/mol. The highest BCUT2D eigenvalue weighted by molar-refractivity contribution is 4.84. The van der Waals surface area contributed by atoms with Gasteiger partial charge in [0.15, 0.2) is 0 Å². The molecule has 2 nitrogen and oxygen atoms in total. The van der Waals surface area contributed by atoms with Crippen LogP contribution in [0.5, 0.6) is 0 Å². The van der Waals surface area contributed by atoms with Gasteiger partial charge in [-0.2, -0.15) is 0 Å². The first-order valence-electron chi connectivity index (χ1n) is 5.99. The Bertz CT molecular complexity index is 156. The third-order valence-electron chi connectivity index (χ3n) is 3.65. The molecule has 0 aromatic carbocycles. The molecule has 1 rings (SSSR count). The van der Waals surface area contributed by atoms with Crippen molar-refractivity contribution in [2.75, 3.05) is 27.2 Å². The molecule has 2 heteroatoms. The van der Waals surface area contributed by atoms with Crippen molar-refractivity contribution in [3.63, 3.8) is 0 Å². The maximum Gasteiger partial charge on any atom is 0.00953 e. The Balaban J connectivity index is 2.07. The zero-order valence-corrected chi connectivity index (χ0v) is 10.2. The molecule has 3 unspecified atom stereocenters. The van der Waals surface area contributed by atoms with Crippen molar-refractivity contribution in [2.45, 2.75) is 39.2 Å². The van der Waals surface area contributed by atoms with Crippen LogP contribution in [0.4, 0.5) is 0 Å². The van der Waals surface area contributed by atoms with Gasteiger partial charge in [0.25, 0.3) is 0 Å². The van der Waals surface area contributed by atoms with Crippen molar-refractivity contribution in [3.8, 4) is 0 Å². The first-order chi connectivity index (χ1) is 6.61. The van der Waals surface area contributed by atoms with Gasteiger partial charge in [-0.3, -0.25) is 0 Å². The Morgan fingerprint density at radius 1 is 1.21 bits per heavy atom. The monoisotopic (exact) mass is 198 g/mol. The molecule has 0 amide bonds. The molecule has 1 aliphatic carbocycles. The van der Waals surface area contributed by atoms with Crippen LogP contribution < -0.4 is 5.32 Å². The van der Waals surface area contributed by atoms with Crippen molar-refractivity contribution >= 4 is 0 Å². The van der Waals surface area contributed by atoms with E-state index in [0.717, 1.165) is 17.9 Å². The third kappa shape index (κ3) is 3.58. The summed E-state index contributed by atoms with van der Waals surface area (Å²) in [5, 5.41) is 3.69. The van der Waals surface area contributed by atoms with Gasteiger partial charge in [-0.05, 0) is 58.3 Å². The molecule has 14 heavy (non-hydrogen) atoms. The summed E-state index contributed by atoms with van der Waals surface area (Å²) >= 11 is 0. The van der Waals surface area contributed by atoms with Gasteiger partial charge >= 0.3 is 0 Å². The zero-order chi connectivity index (χ0) is 10.6. The van der Waals surface area contributed by atoms with E-state index in [0.29, 0.717) is 0 Å². The SMILES string of the molecule is CC1CCC(NCCCN(C)C)C1C. The van der Waals surface area contributed by atoms with Crippen LogP contribution in [0.1, 0.15) is 33.1 Å². The number of hydrogen-bond donors (Lipinski definition) is 1. The lowest BCUT2D eigenvalue weighted by Crippen LogP contribution is -2.34. The standard InChI is InChI=1S/C12H26N2/c1-10-6-7-12(11(10)2)13-8-5-9-14(3)4/h10-13H,5-9H2,1-4H3. The van der Waals surface area contributed by atoms with Crippen LogP contribution in [0.25, 0.3) is 0 Å². The lowest BCUT2D eigenvalue weighted by molar-refractivity contribution is 0.350. The van der Waals surface area contributed by atoms with E-state index < -0.39 is 0 Å². The van der Waals surface area contributed by atoms with Gasteiger partial charge < -0.3 is 10.2 Å². The molecule has 0 spiro atoms. The van der Waals surface area contributed by atoms with Gasteiger partial charge in [-0.25, -0.2) is 0 Å². The summed E-state index contributed by atoms with van der Waals surface area (Å²) in [6, 6.07) is 0.784. The lowest BCUT2D eigenvalue weighted by Gasteiger charge is -2.20. The van der Waals surface area contributed by atoms with Gasteiger partial charge in [0, 0.05) is 6.04 Å². The van der Waals surface area contributed by atoms with Gasteiger partial charge in [0.2, 0.25) is 0 Å². The summed E-state index contributed by atoms with van der Waals surface area (Å²) in [7, 11) is 4.28. The average Bonchev–Trinajstić information content (AvgIpc) is 2.43. The highest BCUT2D eigenvalue weighted by Crippen LogP contribution is 2.30. The smallest absolute Gasteiger partial charge is 0.00953 e. The number of nitrogens with one attached hydrogen (secondary N) is 1. The zero-order valence-electron chi connectivity index (χ0n) is 10.2. The lowest BCUT2D eigenvalue weighted by atomic mass is 9.98. The largest absolute Gasteiger partial charge is 0.314 e. The molecule has 3 atom stereocenters. The van der Waals surface area contributed by atoms with Crippen molar-refractivity contribution in [3.05, 3.63) is 0 Å². The normalized spacial score (nSPS) is 32.8. The molecule has 0 aromatic heterocycles. The van der Waals surface area contributed by atoms with Gasteiger partial charge in [-0.1, -0.05) is 13.8 Å². The highest BCUT2D eigenvalue weighted by atomic mass is 15.1. The molecule has 84 valence electrons. The van der Waals surface area contributed by atoms with Crippen LogP contribution in [-0.2, 0) is 0 Å². The number of rotatable bonds is 5. The van der Waals surface area contributed by atoms with E-state index in [2.05, 4.69) is 38.2 Å². The van der Waals surface area contributed by atoms with E-state index in [9.17, 15) is 0 Å². The predicted molar refractivity (Wildman–Crippen MR) is 62.5 cm³/mol. The highest BCUT2D eigenvalue weighted by Gasteiger charge is 2.28. The molecular formula is C12H26N2. The van der Waals surface area contributed by atoms with Crippen LogP contribution in [-0.4, -0.2) is 38.1 Å². The first kappa shape index (κ1) is 12.0. The first-order valence-corrected chi connectivity index (χ1v) is 5.99. The van der Waals surface area contributed by atoms with Crippen LogP contribution >= 0.6 is 0 Å². The summed E-state index contributed by atoms with van der Waals surface area (Å²) in [5.41, 5.74) is 0. The van der Waals surface area contributed by atoms with E-state index in [1.165, 1.54) is 32.4 Å². The molecule has 1 fully saturated rings. The number of hydrogen-bond acceptors (Lipinski definition) is 2. The molecule has 1 aliphatic rings. The second kappa shape index (κ2) is 5.72. The van der Waals surface area contributed by atoms with Crippen LogP contribution in [0.15, 0.2) is 0 Å². The van der Waals surface area contributed by atoms with Crippen LogP contribution in [0.3, 0.4) is 0 Å². The Hall–Kier alpha value is -0.0800. The Morgan fingerprint density at radius 3 is 2.43 bits per heavy atom. The molecule has 0 radical (unpaired) electrons. The Kier molecular flexibility index (Phi) is 4.90. The van der Waals surface area contributed by atoms with Crippen molar-refractivity contribution in [1.82, 2.24) is 10.2 Å². The maximum atomic E-state index is 3.69. The fraction of sp³-hybridized carbons (Fsp3) is 1.00. The van der Waals surface area contributed by atoms with Crippen molar-refractivity contribution < 1.29 is 0 Å². The molecule has 1 N–H and O–H groups in total. The van der Waals surface area contributed by atoms with Crippen LogP contribution in [0.2, 0.25) is 0 Å². The van der Waals surface area contributed by atoms with Crippen molar-refractivity contribution in [1.29, 1.82) is 0 Å². The summed E-state index contributed by atoms with van der Waals surface area (Å²) < 4.78 is 0. The summed E-state index contributed by atoms with van der Waals surface area (Å²) in [6.07, 6.45) is 4.06. The fourth-order valence-electron chi connectivity index (χ4n) is 2.34. The topological polar surface area (TPSA) is 15.3 Å². The maximum absolute atomic E-state index is 3.69. The molecule has 0 heterocycles. The second-order valence-electron chi connectivity index (χ2n) is 5.13. The molecule has 0 aromatic rings. The quantitative estimate of drug-likeness (QED) is 0.679. The van der Waals surface area contributed by atoms with E-state index in [4.69, 9.17) is 0 Å². The Morgan fingerprint density at radius 2 is 1.93 bits per heavy atom.